The average Bonchev–Trinajstić information content (AvgIpc) is 2.60. The van der Waals surface area contributed by atoms with Gasteiger partial charge >= 0.3 is 0 Å². The van der Waals surface area contributed by atoms with Crippen LogP contribution in [0.1, 0.15) is 32.0 Å². The normalized spacial score (nSPS) is 13.5. The molecule has 9 heteroatoms. The monoisotopic (exact) mass is 356 g/mol. The number of hydrogen-bond donors (Lipinski definition) is 1. The molecule has 9 nitrogen and oxygen atoms in total. The fourth-order valence-corrected chi connectivity index (χ4v) is 3.19. The molecule has 1 aromatic carbocycles. The third kappa shape index (κ3) is 2.53. The lowest BCUT2D eigenvalue weighted by Gasteiger charge is -2.28. The standard InChI is InChI=1S/C17H16N4O5/c1-9-13-12(7-8-19(2)17(13)24)14(15(18)22)20(16(9)23)10-3-5-11(6-4-10)21(25)26/h3-6H,7-8H2,1-2H3,(H2,18,22). The van der Waals surface area contributed by atoms with Crippen molar-refractivity contribution in [1.29, 1.82) is 0 Å². The summed E-state index contributed by atoms with van der Waals surface area (Å²) in [7, 11) is 1.62. The summed E-state index contributed by atoms with van der Waals surface area (Å²) in [4.78, 5) is 49.2. The Balaban J connectivity index is 2.35. The number of nitro benzene ring substituents is 1. The van der Waals surface area contributed by atoms with Gasteiger partial charge in [-0.05, 0) is 31.0 Å². The number of primary amides is 1. The lowest BCUT2D eigenvalue weighted by atomic mass is 9.93. The van der Waals surface area contributed by atoms with Crippen molar-refractivity contribution in [3.63, 3.8) is 0 Å². The number of nitrogens with zero attached hydrogens (tertiary/aromatic N) is 3. The van der Waals surface area contributed by atoms with Gasteiger partial charge in [-0.2, -0.15) is 0 Å². The molecule has 2 N–H and O–H groups in total. The highest BCUT2D eigenvalue weighted by atomic mass is 16.6. The van der Waals surface area contributed by atoms with Crippen molar-refractivity contribution in [2.24, 2.45) is 5.73 Å². The van der Waals surface area contributed by atoms with Gasteiger partial charge in [-0.1, -0.05) is 0 Å². The van der Waals surface area contributed by atoms with Crippen molar-refractivity contribution in [1.82, 2.24) is 9.47 Å². The summed E-state index contributed by atoms with van der Waals surface area (Å²) in [6.45, 7) is 1.91. The van der Waals surface area contributed by atoms with E-state index < -0.39 is 16.4 Å². The summed E-state index contributed by atoms with van der Waals surface area (Å²) in [6, 6.07) is 5.21. The number of aromatic nitrogens is 1. The van der Waals surface area contributed by atoms with E-state index in [2.05, 4.69) is 0 Å². The number of hydrogen-bond acceptors (Lipinski definition) is 5. The van der Waals surface area contributed by atoms with E-state index in [9.17, 15) is 24.5 Å². The van der Waals surface area contributed by atoms with Gasteiger partial charge in [0.15, 0.2) is 0 Å². The van der Waals surface area contributed by atoms with Crippen molar-refractivity contribution in [2.75, 3.05) is 13.6 Å². The van der Waals surface area contributed by atoms with Gasteiger partial charge in [-0.3, -0.25) is 29.1 Å². The van der Waals surface area contributed by atoms with E-state index >= 15 is 0 Å². The number of carbonyl (C=O) groups is 2. The van der Waals surface area contributed by atoms with E-state index in [0.717, 1.165) is 4.57 Å². The number of rotatable bonds is 3. The Hall–Kier alpha value is -3.49. The largest absolute Gasteiger partial charge is 0.364 e. The van der Waals surface area contributed by atoms with Gasteiger partial charge in [0.25, 0.3) is 23.1 Å². The van der Waals surface area contributed by atoms with Crippen LogP contribution in [0.25, 0.3) is 5.69 Å². The van der Waals surface area contributed by atoms with Crippen molar-refractivity contribution >= 4 is 17.5 Å². The van der Waals surface area contributed by atoms with Crippen LogP contribution in [0, 0.1) is 17.0 Å². The maximum absolute atomic E-state index is 12.9. The first kappa shape index (κ1) is 17.3. The fraction of sp³-hybridized carbons (Fsp3) is 0.235. The first-order chi connectivity index (χ1) is 12.2. The van der Waals surface area contributed by atoms with Crippen LogP contribution in [0.5, 0.6) is 0 Å². The number of likely N-dealkylation sites (N-methyl/N-ethyl adjacent to an activating group) is 1. The highest BCUT2D eigenvalue weighted by Gasteiger charge is 2.31. The molecule has 1 aliphatic heterocycles. The molecule has 0 bridgehead atoms. The van der Waals surface area contributed by atoms with Gasteiger partial charge in [-0.25, -0.2) is 0 Å². The van der Waals surface area contributed by atoms with Crippen LogP contribution in [0.3, 0.4) is 0 Å². The number of non-ortho nitro benzene ring substituents is 1. The molecule has 2 heterocycles. The Bertz CT molecular complexity index is 1010. The molecular formula is C17H16N4O5. The number of amides is 2. The first-order valence-corrected chi connectivity index (χ1v) is 7.82. The summed E-state index contributed by atoms with van der Waals surface area (Å²) >= 11 is 0. The van der Waals surface area contributed by atoms with Crippen LogP contribution in [0.2, 0.25) is 0 Å². The number of fused-ring (bicyclic) bond motifs is 1. The van der Waals surface area contributed by atoms with Gasteiger partial charge < -0.3 is 10.6 Å². The molecular weight excluding hydrogens is 340 g/mol. The van der Waals surface area contributed by atoms with Gasteiger partial charge in [0.2, 0.25) is 0 Å². The third-order valence-corrected chi connectivity index (χ3v) is 4.52. The highest BCUT2D eigenvalue weighted by Crippen LogP contribution is 2.25. The quantitative estimate of drug-likeness (QED) is 0.642. The number of nitrogens with two attached hydrogens (primary N) is 1. The molecule has 1 aliphatic rings. The molecule has 0 radical (unpaired) electrons. The third-order valence-electron chi connectivity index (χ3n) is 4.52. The fourth-order valence-electron chi connectivity index (χ4n) is 3.19. The van der Waals surface area contributed by atoms with Crippen LogP contribution in [-0.2, 0) is 6.42 Å². The van der Waals surface area contributed by atoms with Crippen molar-refractivity contribution in [3.8, 4) is 5.69 Å². The minimum atomic E-state index is -0.839. The molecule has 0 unspecified atom stereocenters. The molecule has 0 aliphatic carbocycles. The second-order valence-electron chi connectivity index (χ2n) is 6.08. The van der Waals surface area contributed by atoms with Crippen LogP contribution >= 0.6 is 0 Å². The highest BCUT2D eigenvalue weighted by molar-refractivity contribution is 6.02. The molecule has 2 aromatic rings. The van der Waals surface area contributed by atoms with Gasteiger partial charge in [0.05, 0.1) is 10.5 Å². The summed E-state index contributed by atoms with van der Waals surface area (Å²) in [5.41, 5.74) is 5.86. The number of nitro groups is 1. The van der Waals surface area contributed by atoms with Gasteiger partial charge in [0, 0.05) is 37.0 Å². The van der Waals surface area contributed by atoms with Gasteiger partial charge in [0.1, 0.15) is 5.69 Å². The van der Waals surface area contributed by atoms with Crippen molar-refractivity contribution in [3.05, 3.63) is 67.1 Å². The predicted molar refractivity (Wildman–Crippen MR) is 92.6 cm³/mol. The SMILES string of the molecule is Cc1c2c(c(C(N)=O)n(-c3ccc([N+](=O)[O-])cc3)c1=O)CCN(C)C2=O. The molecule has 134 valence electrons. The lowest BCUT2D eigenvalue weighted by molar-refractivity contribution is -0.384. The predicted octanol–water partition coefficient (Wildman–Crippen LogP) is 0.781. The summed E-state index contributed by atoms with van der Waals surface area (Å²) in [5, 5.41) is 10.8. The molecule has 0 spiro atoms. The zero-order valence-corrected chi connectivity index (χ0v) is 14.2. The average molecular weight is 356 g/mol. The number of pyridine rings is 1. The Kier molecular flexibility index (Phi) is 4.07. The first-order valence-electron chi connectivity index (χ1n) is 7.82. The number of carbonyl (C=O) groups excluding carboxylic acids is 2. The van der Waals surface area contributed by atoms with Crippen molar-refractivity contribution in [2.45, 2.75) is 13.3 Å². The van der Waals surface area contributed by atoms with E-state index in [-0.39, 0.29) is 34.1 Å². The van der Waals surface area contributed by atoms with E-state index in [1.807, 2.05) is 0 Å². The maximum atomic E-state index is 12.9. The molecule has 0 atom stereocenters. The second-order valence-corrected chi connectivity index (χ2v) is 6.08. The molecule has 0 saturated carbocycles. The summed E-state index contributed by atoms with van der Waals surface area (Å²) in [5.74, 6) is -1.17. The minimum absolute atomic E-state index is 0.0640. The zero-order chi connectivity index (χ0) is 19.2. The summed E-state index contributed by atoms with van der Waals surface area (Å²) in [6.07, 6.45) is 0.379. The van der Waals surface area contributed by atoms with E-state index in [1.54, 1.807) is 7.05 Å². The lowest BCUT2D eigenvalue weighted by Crippen LogP contribution is -2.41. The molecule has 0 saturated heterocycles. The minimum Gasteiger partial charge on any atom is -0.364 e. The van der Waals surface area contributed by atoms with Crippen LogP contribution in [0.15, 0.2) is 29.1 Å². The molecule has 2 amide bonds. The van der Waals surface area contributed by atoms with Crippen molar-refractivity contribution < 1.29 is 14.5 Å². The molecule has 0 fully saturated rings. The molecule has 1 aromatic heterocycles. The van der Waals surface area contributed by atoms with Crippen LogP contribution < -0.4 is 11.3 Å². The van der Waals surface area contributed by atoms with Gasteiger partial charge in [-0.15, -0.1) is 0 Å². The Morgan fingerprint density at radius 2 is 1.85 bits per heavy atom. The molecule has 3 rings (SSSR count). The van der Waals surface area contributed by atoms with Crippen LogP contribution in [-0.4, -0.2) is 39.8 Å². The maximum Gasteiger partial charge on any atom is 0.269 e. The van der Waals surface area contributed by atoms with E-state index in [0.29, 0.717) is 18.5 Å². The summed E-state index contributed by atoms with van der Waals surface area (Å²) < 4.78 is 1.12. The topological polar surface area (TPSA) is 129 Å². The van der Waals surface area contributed by atoms with E-state index in [1.165, 1.54) is 36.1 Å². The van der Waals surface area contributed by atoms with Crippen LogP contribution in [0.4, 0.5) is 5.69 Å². The molecule has 26 heavy (non-hydrogen) atoms. The second kappa shape index (κ2) is 6.10. The smallest absolute Gasteiger partial charge is 0.269 e. The Labute approximate surface area is 147 Å². The number of benzene rings is 1. The zero-order valence-electron chi connectivity index (χ0n) is 14.2. The van der Waals surface area contributed by atoms with E-state index in [4.69, 9.17) is 5.73 Å². The Morgan fingerprint density at radius 3 is 2.38 bits per heavy atom. The Morgan fingerprint density at radius 1 is 1.23 bits per heavy atom.